The Morgan fingerprint density at radius 3 is 2.32 bits per heavy atom. The third kappa shape index (κ3) is 4.93. The lowest BCUT2D eigenvalue weighted by atomic mass is 10.1. The molecule has 0 aliphatic heterocycles. The molecule has 5 nitrogen and oxygen atoms in total. The van der Waals surface area contributed by atoms with Crippen LogP contribution in [0.3, 0.4) is 0 Å². The van der Waals surface area contributed by atoms with Gasteiger partial charge < -0.3 is 15.5 Å². The molecule has 0 aliphatic carbocycles. The number of aryl methyl sites for hydroxylation is 1. The normalized spacial score (nSPS) is 14.1. The van der Waals surface area contributed by atoms with E-state index >= 15 is 0 Å². The smallest absolute Gasteiger partial charge is 0.328 e. The number of carbonyl (C=O) groups is 2. The molecule has 1 aromatic rings. The predicted molar refractivity (Wildman–Crippen MR) is 71.5 cm³/mol. The van der Waals surface area contributed by atoms with Crippen LogP contribution in [0.25, 0.3) is 6.08 Å². The first kappa shape index (κ1) is 14.9. The van der Waals surface area contributed by atoms with Crippen LogP contribution >= 0.6 is 0 Å². The Hall–Kier alpha value is -2.14. The molecule has 102 valence electrons. The molecule has 19 heavy (non-hydrogen) atoms. The number of aliphatic hydroxyl groups is 1. The fraction of sp³-hybridized carbons (Fsp3) is 0.286. The summed E-state index contributed by atoms with van der Waals surface area (Å²) in [6.45, 7) is 3.27. The molecule has 1 rings (SSSR count). The van der Waals surface area contributed by atoms with E-state index in [1.54, 1.807) is 6.08 Å². The zero-order chi connectivity index (χ0) is 14.4. The molecule has 0 unspecified atom stereocenters. The standard InChI is InChI=1S/C14H17NO4/c1-9-3-5-11(6-4-9)7-8-12(17)15-13(10(2)16)14(18)19/h3-8,10,13,16H,1-2H3,(H,15,17)(H,18,19)/b8-7+/t10-,13+/m1/s1. The van der Waals surface area contributed by atoms with Crippen molar-refractivity contribution < 1.29 is 19.8 Å². The van der Waals surface area contributed by atoms with Gasteiger partial charge in [-0.3, -0.25) is 4.79 Å². The number of benzene rings is 1. The number of nitrogens with one attached hydrogen (secondary N) is 1. The minimum atomic E-state index is -1.31. The van der Waals surface area contributed by atoms with E-state index in [0.29, 0.717) is 0 Å². The van der Waals surface area contributed by atoms with E-state index in [9.17, 15) is 14.7 Å². The lowest BCUT2D eigenvalue weighted by Gasteiger charge is -2.15. The summed E-state index contributed by atoms with van der Waals surface area (Å²) in [5, 5.41) is 20.3. The van der Waals surface area contributed by atoms with Gasteiger partial charge in [0.15, 0.2) is 6.04 Å². The summed E-state index contributed by atoms with van der Waals surface area (Å²) < 4.78 is 0. The average Bonchev–Trinajstić information content (AvgIpc) is 2.34. The van der Waals surface area contributed by atoms with Gasteiger partial charge >= 0.3 is 5.97 Å². The summed E-state index contributed by atoms with van der Waals surface area (Å²) in [4.78, 5) is 22.3. The minimum absolute atomic E-state index is 0.561. The van der Waals surface area contributed by atoms with Crippen LogP contribution in [-0.4, -0.2) is 34.2 Å². The molecule has 3 N–H and O–H groups in total. The first-order chi connectivity index (χ1) is 8.90. The largest absolute Gasteiger partial charge is 0.480 e. The van der Waals surface area contributed by atoms with E-state index in [1.807, 2.05) is 31.2 Å². The highest BCUT2D eigenvalue weighted by Gasteiger charge is 2.23. The first-order valence-corrected chi connectivity index (χ1v) is 5.86. The van der Waals surface area contributed by atoms with Gasteiger partial charge in [-0.1, -0.05) is 29.8 Å². The zero-order valence-electron chi connectivity index (χ0n) is 10.8. The molecular formula is C14H17NO4. The summed E-state index contributed by atoms with van der Waals surface area (Å²) in [7, 11) is 0. The molecule has 0 bridgehead atoms. The number of rotatable bonds is 5. The maximum absolute atomic E-state index is 11.5. The number of aliphatic carboxylic acids is 1. The van der Waals surface area contributed by atoms with Gasteiger partial charge in [-0.2, -0.15) is 0 Å². The van der Waals surface area contributed by atoms with E-state index in [1.165, 1.54) is 13.0 Å². The van der Waals surface area contributed by atoms with Crippen LogP contribution < -0.4 is 5.32 Å². The Balaban J connectivity index is 2.64. The number of aliphatic hydroxyl groups excluding tert-OH is 1. The average molecular weight is 263 g/mol. The molecule has 0 saturated carbocycles. The third-order valence-corrected chi connectivity index (χ3v) is 2.55. The van der Waals surface area contributed by atoms with Crippen molar-refractivity contribution in [2.75, 3.05) is 0 Å². The number of hydrogen-bond donors (Lipinski definition) is 3. The minimum Gasteiger partial charge on any atom is -0.480 e. The van der Waals surface area contributed by atoms with Gasteiger partial charge in [0, 0.05) is 6.08 Å². The topological polar surface area (TPSA) is 86.6 Å². The molecule has 0 radical (unpaired) electrons. The van der Waals surface area contributed by atoms with Crippen molar-refractivity contribution in [1.29, 1.82) is 0 Å². The first-order valence-electron chi connectivity index (χ1n) is 5.86. The van der Waals surface area contributed by atoms with E-state index in [4.69, 9.17) is 5.11 Å². The van der Waals surface area contributed by atoms with Gasteiger partial charge in [0.2, 0.25) is 5.91 Å². The molecular weight excluding hydrogens is 246 g/mol. The van der Waals surface area contributed by atoms with Crippen LogP contribution in [0, 0.1) is 6.92 Å². The summed E-state index contributed by atoms with van der Waals surface area (Å²) in [5.74, 6) is -1.83. The summed E-state index contributed by atoms with van der Waals surface area (Å²) >= 11 is 0. The maximum Gasteiger partial charge on any atom is 0.328 e. The monoisotopic (exact) mass is 263 g/mol. The second-order valence-corrected chi connectivity index (χ2v) is 4.31. The Morgan fingerprint density at radius 2 is 1.84 bits per heavy atom. The number of carboxylic acid groups (broad SMARTS) is 1. The SMILES string of the molecule is Cc1ccc(/C=C/C(=O)N[C@H](C(=O)O)[C@@H](C)O)cc1. The zero-order valence-corrected chi connectivity index (χ0v) is 10.8. The second-order valence-electron chi connectivity index (χ2n) is 4.31. The number of hydrogen-bond acceptors (Lipinski definition) is 3. The quantitative estimate of drug-likeness (QED) is 0.690. The van der Waals surface area contributed by atoms with Gasteiger partial charge in [0.25, 0.3) is 0 Å². The molecule has 5 heteroatoms. The number of amides is 1. The van der Waals surface area contributed by atoms with Crippen LogP contribution in [0.4, 0.5) is 0 Å². The van der Waals surface area contributed by atoms with Gasteiger partial charge in [0.05, 0.1) is 6.10 Å². The molecule has 1 aromatic carbocycles. The number of carbonyl (C=O) groups excluding carboxylic acids is 1. The van der Waals surface area contributed by atoms with E-state index in [0.717, 1.165) is 11.1 Å². The van der Waals surface area contributed by atoms with E-state index in [2.05, 4.69) is 5.32 Å². The van der Waals surface area contributed by atoms with Crippen molar-refractivity contribution in [3.8, 4) is 0 Å². The van der Waals surface area contributed by atoms with Crippen LogP contribution in [0.15, 0.2) is 30.3 Å². The Bertz CT molecular complexity index is 477. The van der Waals surface area contributed by atoms with Gasteiger partial charge in [-0.25, -0.2) is 4.79 Å². The predicted octanol–water partition coefficient (Wildman–Crippen LogP) is 0.958. The van der Waals surface area contributed by atoms with Gasteiger partial charge in [0.1, 0.15) is 0 Å². The lowest BCUT2D eigenvalue weighted by molar-refractivity contribution is -0.144. The molecule has 0 aliphatic rings. The van der Waals surface area contributed by atoms with E-state index < -0.39 is 24.0 Å². The summed E-state index contributed by atoms with van der Waals surface area (Å²) in [5.41, 5.74) is 1.95. The Kier molecular flexibility index (Phi) is 5.26. The van der Waals surface area contributed by atoms with Gasteiger partial charge in [-0.15, -0.1) is 0 Å². The van der Waals surface area contributed by atoms with Crippen LogP contribution in [0.2, 0.25) is 0 Å². The molecule has 0 heterocycles. The van der Waals surface area contributed by atoms with Crippen molar-refractivity contribution in [1.82, 2.24) is 5.32 Å². The van der Waals surface area contributed by atoms with Crippen LogP contribution in [-0.2, 0) is 9.59 Å². The van der Waals surface area contributed by atoms with Crippen LogP contribution in [0.1, 0.15) is 18.1 Å². The molecule has 0 spiro atoms. The highest BCUT2D eigenvalue weighted by molar-refractivity contribution is 5.94. The molecule has 1 amide bonds. The summed E-state index contributed by atoms with van der Waals surface area (Å²) in [6.07, 6.45) is 1.66. The van der Waals surface area contributed by atoms with Gasteiger partial charge in [-0.05, 0) is 25.5 Å². The van der Waals surface area contributed by atoms with Crippen molar-refractivity contribution in [3.63, 3.8) is 0 Å². The van der Waals surface area contributed by atoms with Crippen molar-refractivity contribution in [3.05, 3.63) is 41.5 Å². The molecule has 0 fully saturated rings. The molecule has 0 saturated heterocycles. The Labute approximate surface area is 111 Å². The highest BCUT2D eigenvalue weighted by Crippen LogP contribution is 2.04. The third-order valence-electron chi connectivity index (χ3n) is 2.55. The fourth-order valence-corrected chi connectivity index (χ4v) is 1.44. The van der Waals surface area contributed by atoms with Crippen molar-refractivity contribution >= 4 is 18.0 Å². The maximum atomic E-state index is 11.5. The summed E-state index contributed by atoms with van der Waals surface area (Å²) in [6, 6.07) is 6.21. The van der Waals surface area contributed by atoms with Crippen molar-refractivity contribution in [2.24, 2.45) is 0 Å². The number of carboxylic acids is 1. The lowest BCUT2D eigenvalue weighted by Crippen LogP contribution is -2.47. The van der Waals surface area contributed by atoms with Crippen LogP contribution in [0.5, 0.6) is 0 Å². The van der Waals surface area contributed by atoms with E-state index in [-0.39, 0.29) is 0 Å². The highest BCUT2D eigenvalue weighted by atomic mass is 16.4. The molecule has 0 aromatic heterocycles. The molecule has 2 atom stereocenters. The second kappa shape index (κ2) is 6.70. The fourth-order valence-electron chi connectivity index (χ4n) is 1.44. The Morgan fingerprint density at radius 1 is 1.26 bits per heavy atom. The van der Waals surface area contributed by atoms with Crippen molar-refractivity contribution in [2.45, 2.75) is 26.0 Å².